The number of hydrogen-bond donors (Lipinski definition) is 1. The average Bonchev–Trinajstić information content (AvgIpc) is 2.34. The number of piperidine rings is 1. The number of carbonyl (C=O) groups is 1. The number of nitrogens with one attached hydrogen (secondary N) is 1. The fraction of sp³-hybridized carbons (Fsp3) is 0.923. The fourth-order valence-corrected chi connectivity index (χ4v) is 2.75. The van der Waals surface area contributed by atoms with Crippen molar-refractivity contribution < 1.29 is 13.2 Å². The first kappa shape index (κ1) is 16.4. The lowest BCUT2D eigenvalue weighted by molar-refractivity contribution is -0.136. The van der Waals surface area contributed by atoms with Crippen molar-refractivity contribution in [1.82, 2.24) is 10.2 Å². The maximum Gasteiger partial charge on any atom is 0.243 e. The van der Waals surface area contributed by atoms with E-state index in [1.165, 1.54) is 13.8 Å². The van der Waals surface area contributed by atoms with Gasteiger partial charge in [-0.2, -0.15) is 0 Å². The molecule has 1 saturated heterocycles. The fourth-order valence-electron chi connectivity index (χ4n) is 2.31. The molecule has 1 fully saturated rings. The third-order valence-corrected chi connectivity index (χ3v) is 5.95. The predicted molar refractivity (Wildman–Crippen MR) is 76.8 cm³/mol. The minimum atomic E-state index is -3.41. The van der Waals surface area contributed by atoms with Crippen LogP contribution in [0.5, 0.6) is 0 Å². The molecule has 1 aliphatic rings. The quantitative estimate of drug-likeness (QED) is 0.813. The number of amides is 1. The van der Waals surface area contributed by atoms with Crippen LogP contribution < -0.4 is 5.32 Å². The normalized spacial score (nSPS) is 18.3. The van der Waals surface area contributed by atoms with Gasteiger partial charge in [-0.15, -0.1) is 0 Å². The van der Waals surface area contributed by atoms with Crippen molar-refractivity contribution in [2.24, 2.45) is 0 Å². The average molecular weight is 290 g/mol. The lowest BCUT2D eigenvalue weighted by atomic mass is 10.0. The lowest BCUT2D eigenvalue weighted by Crippen LogP contribution is -2.55. The molecule has 0 radical (unpaired) electrons. The molecule has 112 valence electrons. The van der Waals surface area contributed by atoms with E-state index in [4.69, 9.17) is 0 Å². The van der Waals surface area contributed by atoms with E-state index in [2.05, 4.69) is 5.32 Å². The Kier molecular flexibility index (Phi) is 5.38. The molecule has 19 heavy (non-hydrogen) atoms. The summed E-state index contributed by atoms with van der Waals surface area (Å²) in [5.41, 5.74) is 0. The zero-order valence-electron chi connectivity index (χ0n) is 12.4. The summed E-state index contributed by atoms with van der Waals surface area (Å²) in [4.78, 5) is 14.4. The van der Waals surface area contributed by atoms with Crippen molar-refractivity contribution in [3.8, 4) is 0 Å². The van der Waals surface area contributed by atoms with Crippen LogP contribution in [0.25, 0.3) is 0 Å². The topological polar surface area (TPSA) is 66.5 Å². The van der Waals surface area contributed by atoms with Gasteiger partial charge in [0, 0.05) is 18.8 Å². The number of carbonyl (C=O) groups excluding carboxylic acids is 1. The first-order valence-corrected chi connectivity index (χ1v) is 8.82. The van der Waals surface area contributed by atoms with Gasteiger partial charge in [0.1, 0.15) is 4.75 Å². The lowest BCUT2D eigenvalue weighted by Gasteiger charge is -2.38. The van der Waals surface area contributed by atoms with Gasteiger partial charge in [-0.1, -0.05) is 6.92 Å². The van der Waals surface area contributed by atoms with Gasteiger partial charge in [0.2, 0.25) is 5.91 Å². The third-order valence-electron chi connectivity index (χ3n) is 3.92. The number of nitrogens with zero attached hydrogens (tertiary/aromatic N) is 1. The Morgan fingerprint density at radius 3 is 2.26 bits per heavy atom. The molecule has 0 atom stereocenters. The van der Waals surface area contributed by atoms with E-state index in [0.29, 0.717) is 6.54 Å². The maximum absolute atomic E-state index is 12.6. The van der Waals surface area contributed by atoms with Crippen molar-refractivity contribution in [1.29, 1.82) is 0 Å². The summed E-state index contributed by atoms with van der Waals surface area (Å²) < 4.78 is 22.3. The van der Waals surface area contributed by atoms with Gasteiger partial charge in [-0.3, -0.25) is 4.79 Å². The second-order valence-corrected chi connectivity index (χ2v) is 8.33. The van der Waals surface area contributed by atoms with E-state index in [1.807, 2.05) is 6.92 Å². The molecule has 1 rings (SSSR count). The Labute approximate surface area is 116 Å². The molecule has 0 saturated carbocycles. The SMILES string of the molecule is CCCN(C(=O)C(C)(C)S(C)(=O)=O)C1CCNCC1. The Bertz CT molecular complexity index is 412. The molecule has 0 aromatic heterocycles. The Hall–Kier alpha value is -0.620. The summed E-state index contributed by atoms with van der Waals surface area (Å²) in [5.74, 6) is -0.260. The van der Waals surface area contributed by atoms with Crippen LogP contribution in [0.3, 0.4) is 0 Å². The molecular formula is C13H26N2O3S. The summed E-state index contributed by atoms with van der Waals surface area (Å²) in [6, 6.07) is 0.162. The molecule has 0 spiro atoms. The van der Waals surface area contributed by atoms with Crippen LogP contribution >= 0.6 is 0 Å². The first-order valence-electron chi connectivity index (χ1n) is 6.93. The minimum absolute atomic E-state index is 0.162. The van der Waals surface area contributed by atoms with Crippen LogP contribution in [0.1, 0.15) is 40.0 Å². The summed E-state index contributed by atoms with van der Waals surface area (Å²) in [5, 5.41) is 3.26. The maximum atomic E-state index is 12.6. The van der Waals surface area contributed by atoms with E-state index >= 15 is 0 Å². The highest BCUT2D eigenvalue weighted by Crippen LogP contribution is 2.23. The van der Waals surface area contributed by atoms with Gasteiger partial charge in [0.15, 0.2) is 9.84 Å². The van der Waals surface area contributed by atoms with E-state index in [-0.39, 0.29) is 11.9 Å². The summed E-state index contributed by atoms with van der Waals surface area (Å²) in [6.45, 7) is 7.43. The molecule has 1 heterocycles. The second kappa shape index (κ2) is 6.22. The first-order chi connectivity index (χ1) is 8.71. The molecule has 1 aliphatic heterocycles. The van der Waals surface area contributed by atoms with Crippen LogP contribution in [0, 0.1) is 0 Å². The third kappa shape index (κ3) is 3.69. The number of sulfone groups is 1. The van der Waals surface area contributed by atoms with Gasteiger partial charge in [0.25, 0.3) is 0 Å². The molecule has 1 N–H and O–H groups in total. The standard InChI is InChI=1S/C13H26N2O3S/c1-5-10-15(11-6-8-14-9-7-11)12(16)13(2,3)19(4,17)18/h11,14H,5-10H2,1-4H3. The zero-order chi connectivity index (χ0) is 14.7. The van der Waals surface area contributed by atoms with E-state index in [0.717, 1.165) is 38.6 Å². The van der Waals surface area contributed by atoms with E-state index < -0.39 is 14.6 Å². The smallest absolute Gasteiger partial charge is 0.243 e. The molecular weight excluding hydrogens is 264 g/mol. The molecule has 0 aromatic carbocycles. The van der Waals surface area contributed by atoms with Gasteiger partial charge in [0.05, 0.1) is 0 Å². The van der Waals surface area contributed by atoms with Crippen LogP contribution in [0.2, 0.25) is 0 Å². The van der Waals surface area contributed by atoms with Crippen LogP contribution in [-0.2, 0) is 14.6 Å². The van der Waals surface area contributed by atoms with Crippen LogP contribution in [-0.4, -0.2) is 55.9 Å². The zero-order valence-corrected chi connectivity index (χ0v) is 13.2. The van der Waals surface area contributed by atoms with Gasteiger partial charge in [-0.05, 0) is 46.2 Å². The molecule has 1 amide bonds. The largest absolute Gasteiger partial charge is 0.338 e. The number of rotatable bonds is 5. The van der Waals surface area contributed by atoms with Gasteiger partial charge in [-0.25, -0.2) is 8.42 Å². The van der Waals surface area contributed by atoms with E-state index in [9.17, 15) is 13.2 Å². The molecule has 0 unspecified atom stereocenters. The van der Waals surface area contributed by atoms with Crippen molar-refractivity contribution in [2.75, 3.05) is 25.9 Å². The van der Waals surface area contributed by atoms with Gasteiger partial charge >= 0.3 is 0 Å². The Morgan fingerprint density at radius 2 is 1.84 bits per heavy atom. The highest BCUT2D eigenvalue weighted by Gasteiger charge is 2.42. The van der Waals surface area contributed by atoms with E-state index in [1.54, 1.807) is 4.90 Å². The predicted octanol–water partition coefficient (Wildman–Crippen LogP) is 0.800. The summed E-state index contributed by atoms with van der Waals surface area (Å²) in [6.07, 6.45) is 3.77. The summed E-state index contributed by atoms with van der Waals surface area (Å²) >= 11 is 0. The molecule has 6 heteroatoms. The molecule has 0 aromatic rings. The minimum Gasteiger partial charge on any atom is -0.338 e. The molecule has 0 bridgehead atoms. The van der Waals surface area contributed by atoms with Crippen molar-refractivity contribution in [3.05, 3.63) is 0 Å². The summed E-state index contributed by atoms with van der Waals surface area (Å²) in [7, 11) is -3.41. The monoisotopic (exact) mass is 290 g/mol. The van der Waals surface area contributed by atoms with Crippen LogP contribution in [0.15, 0.2) is 0 Å². The second-order valence-electron chi connectivity index (χ2n) is 5.76. The Balaban J connectivity index is 2.95. The van der Waals surface area contributed by atoms with Gasteiger partial charge < -0.3 is 10.2 Å². The highest BCUT2D eigenvalue weighted by atomic mass is 32.2. The Morgan fingerprint density at radius 1 is 1.32 bits per heavy atom. The molecule has 5 nitrogen and oxygen atoms in total. The highest BCUT2D eigenvalue weighted by molar-refractivity contribution is 7.92. The van der Waals surface area contributed by atoms with Crippen molar-refractivity contribution >= 4 is 15.7 Å². The molecule has 0 aliphatic carbocycles. The number of hydrogen-bond acceptors (Lipinski definition) is 4. The van der Waals surface area contributed by atoms with Crippen LogP contribution in [0.4, 0.5) is 0 Å². The van der Waals surface area contributed by atoms with Crippen molar-refractivity contribution in [2.45, 2.75) is 50.8 Å². The van der Waals surface area contributed by atoms with Crippen molar-refractivity contribution in [3.63, 3.8) is 0 Å².